The number of benzene rings is 1. The van der Waals surface area contributed by atoms with Gasteiger partial charge >= 0.3 is 12.0 Å². The second-order valence-electron chi connectivity index (χ2n) is 5.12. The van der Waals surface area contributed by atoms with Crippen molar-refractivity contribution in [2.75, 3.05) is 11.9 Å². The van der Waals surface area contributed by atoms with Gasteiger partial charge in [0.1, 0.15) is 5.82 Å². The fraction of sp³-hybridized carbons (Fsp3) is 0.467. The van der Waals surface area contributed by atoms with Crippen molar-refractivity contribution in [3.63, 3.8) is 0 Å². The summed E-state index contributed by atoms with van der Waals surface area (Å²) < 4.78 is 13.3. The van der Waals surface area contributed by atoms with Crippen molar-refractivity contribution >= 4 is 17.7 Å². The number of urea groups is 1. The molecule has 0 bridgehead atoms. The second-order valence-corrected chi connectivity index (χ2v) is 5.12. The molecule has 0 aliphatic carbocycles. The standard InChI is InChI=1S/C15H21FN2O3/c1-10(6-7-14(19)20)8-9-17-15(21)18-13-5-3-4-12(16)11(13)2/h3-5,10H,6-9H2,1-2H3,(H,19,20)(H2,17,18,21). The Kier molecular flexibility index (Phi) is 6.65. The number of carbonyl (C=O) groups is 2. The summed E-state index contributed by atoms with van der Waals surface area (Å²) in [7, 11) is 0. The molecule has 0 spiro atoms. The van der Waals surface area contributed by atoms with Crippen LogP contribution in [0, 0.1) is 18.7 Å². The maximum absolute atomic E-state index is 13.3. The molecular formula is C15H21FN2O3. The zero-order valence-electron chi connectivity index (χ0n) is 12.3. The van der Waals surface area contributed by atoms with E-state index in [4.69, 9.17) is 5.11 Å². The van der Waals surface area contributed by atoms with Crippen molar-refractivity contribution in [1.82, 2.24) is 5.32 Å². The van der Waals surface area contributed by atoms with Crippen LogP contribution in [0.3, 0.4) is 0 Å². The monoisotopic (exact) mass is 296 g/mol. The van der Waals surface area contributed by atoms with E-state index in [2.05, 4.69) is 10.6 Å². The van der Waals surface area contributed by atoms with Crippen LogP contribution in [0.1, 0.15) is 31.7 Å². The molecule has 1 unspecified atom stereocenters. The molecule has 116 valence electrons. The van der Waals surface area contributed by atoms with Gasteiger partial charge in [-0.05, 0) is 37.8 Å². The van der Waals surface area contributed by atoms with E-state index in [1.54, 1.807) is 13.0 Å². The third-order valence-electron chi connectivity index (χ3n) is 3.29. The number of carbonyl (C=O) groups excluding carboxylic acids is 1. The Balaban J connectivity index is 2.31. The van der Waals surface area contributed by atoms with Crippen molar-refractivity contribution in [2.24, 2.45) is 5.92 Å². The normalized spacial score (nSPS) is 11.8. The average Bonchev–Trinajstić information content (AvgIpc) is 2.41. The molecule has 0 heterocycles. The van der Waals surface area contributed by atoms with Crippen LogP contribution >= 0.6 is 0 Å². The Bertz CT molecular complexity index is 506. The van der Waals surface area contributed by atoms with Gasteiger partial charge in [0, 0.05) is 24.2 Å². The Morgan fingerprint density at radius 1 is 1.33 bits per heavy atom. The van der Waals surface area contributed by atoms with Gasteiger partial charge in [-0.1, -0.05) is 13.0 Å². The number of nitrogens with one attached hydrogen (secondary N) is 2. The number of anilines is 1. The third-order valence-corrected chi connectivity index (χ3v) is 3.29. The Morgan fingerprint density at radius 2 is 2.05 bits per heavy atom. The van der Waals surface area contributed by atoms with Crippen LogP contribution in [-0.4, -0.2) is 23.7 Å². The number of halogens is 1. The first-order valence-electron chi connectivity index (χ1n) is 6.92. The smallest absolute Gasteiger partial charge is 0.319 e. The fourth-order valence-electron chi connectivity index (χ4n) is 1.86. The van der Waals surface area contributed by atoms with Gasteiger partial charge in [-0.3, -0.25) is 4.79 Å². The highest BCUT2D eigenvalue weighted by molar-refractivity contribution is 5.90. The summed E-state index contributed by atoms with van der Waals surface area (Å²) in [5, 5.41) is 13.8. The summed E-state index contributed by atoms with van der Waals surface area (Å²) in [4.78, 5) is 22.1. The maximum atomic E-state index is 13.3. The lowest BCUT2D eigenvalue weighted by atomic mass is 10.0. The van der Waals surface area contributed by atoms with Crippen LogP contribution in [0.5, 0.6) is 0 Å². The largest absolute Gasteiger partial charge is 0.481 e. The van der Waals surface area contributed by atoms with E-state index in [9.17, 15) is 14.0 Å². The number of rotatable bonds is 7. The summed E-state index contributed by atoms with van der Waals surface area (Å²) in [5.74, 6) is -0.957. The van der Waals surface area contributed by atoms with E-state index in [1.807, 2.05) is 6.92 Å². The van der Waals surface area contributed by atoms with E-state index in [-0.39, 0.29) is 18.2 Å². The topological polar surface area (TPSA) is 78.4 Å². The number of hydrogen-bond donors (Lipinski definition) is 3. The first-order valence-corrected chi connectivity index (χ1v) is 6.92. The molecule has 6 heteroatoms. The first kappa shape index (κ1) is 16.9. The van der Waals surface area contributed by atoms with Crippen LogP contribution in [0.2, 0.25) is 0 Å². The van der Waals surface area contributed by atoms with E-state index >= 15 is 0 Å². The molecule has 0 radical (unpaired) electrons. The van der Waals surface area contributed by atoms with Crippen molar-refractivity contribution in [3.8, 4) is 0 Å². The van der Waals surface area contributed by atoms with Crippen molar-refractivity contribution in [1.29, 1.82) is 0 Å². The highest BCUT2D eigenvalue weighted by Gasteiger charge is 2.09. The van der Waals surface area contributed by atoms with Gasteiger partial charge < -0.3 is 15.7 Å². The SMILES string of the molecule is Cc1c(F)cccc1NC(=O)NCCC(C)CCC(=O)O. The maximum Gasteiger partial charge on any atom is 0.319 e. The Labute approximate surface area is 123 Å². The highest BCUT2D eigenvalue weighted by atomic mass is 19.1. The number of carboxylic acid groups (broad SMARTS) is 1. The van der Waals surface area contributed by atoms with Crippen LogP contribution in [0.4, 0.5) is 14.9 Å². The zero-order valence-corrected chi connectivity index (χ0v) is 12.3. The van der Waals surface area contributed by atoms with Gasteiger partial charge in [0.05, 0.1) is 0 Å². The molecule has 0 fully saturated rings. The molecule has 1 aromatic carbocycles. The number of hydrogen-bond acceptors (Lipinski definition) is 2. The minimum Gasteiger partial charge on any atom is -0.481 e. The average molecular weight is 296 g/mol. The quantitative estimate of drug-likeness (QED) is 0.723. The first-order chi connectivity index (χ1) is 9.90. The molecule has 0 aliphatic rings. The van der Waals surface area contributed by atoms with E-state index in [1.165, 1.54) is 12.1 Å². The summed E-state index contributed by atoms with van der Waals surface area (Å²) in [6.07, 6.45) is 1.42. The van der Waals surface area contributed by atoms with Gasteiger partial charge in [-0.25, -0.2) is 9.18 Å². The van der Waals surface area contributed by atoms with Crippen LogP contribution in [0.25, 0.3) is 0 Å². The molecular weight excluding hydrogens is 275 g/mol. The summed E-state index contributed by atoms with van der Waals surface area (Å²) in [5.41, 5.74) is 0.828. The number of aliphatic carboxylic acids is 1. The molecule has 1 aromatic rings. The van der Waals surface area contributed by atoms with E-state index in [0.29, 0.717) is 30.6 Å². The van der Waals surface area contributed by atoms with Crippen LogP contribution < -0.4 is 10.6 Å². The minimum atomic E-state index is -0.811. The molecule has 21 heavy (non-hydrogen) atoms. The minimum absolute atomic E-state index is 0.135. The fourth-order valence-corrected chi connectivity index (χ4v) is 1.86. The lowest BCUT2D eigenvalue weighted by molar-refractivity contribution is -0.137. The second kappa shape index (κ2) is 8.24. The summed E-state index contributed by atoms with van der Waals surface area (Å²) in [6, 6.07) is 4.11. The molecule has 1 rings (SSSR count). The van der Waals surface area contributed by atoms with Gasteiger partial charge in [0.2, 0.25) is 0 Å². The van der Waals surface area contributed by atoms with E-state index in [0.717, 1.165) is 0 Å². The van der Waals surface area contributed by atoms with E-state index < -0.39 is 12.0 Å². The predicted molar refractivity (Wildman–Crippen MR) is 78.8 cm³/mol. The lowest BCUT2D eigenvalue weighted by Crippen LogP contribution is -2.30. The molecule has 1 atom stereocenters. The van der Waals surface area contributed by atoms with Gasteiger partial charge in [-0.2, -0.15) is 0 Å². The van der Waals surface area contributed by atoms with Gasteiger partial charge in [0.15, 0.2) is 0 Å². The molecule has 0 saturated carbocycles. The summed E-state index contributed by atoms with van der Waals surface area (Å²) in [6.45, 7) is 3.99. The molecule has 0 saturated heterocycles. The predicted octanol–water partition coefficient (Wildman–Crippen LogP) is 3.15. The van der Waals surface area contributed by atoms with Crippen LogP contribution in [0.15, 0.2) is 18.2 Å². The lowest BCUT2D eigenvalue weighted by Gasteiger charge is -2.12. The number of carboxylic acids is 1. The molecule has 0 aliphatic heterocycles. The van der Waals surface area contributed by atoms with Crippen molar-refractivity contribution < 1.29 is 19.1 Å². The van der Waals surface area contributed by atoms with Crippen LogP contribution in [-0.2, 0) is 4.79 Å². The van der Waals surface area contributed by atoms with Gasteiger partial charge in [-0.15, -0.1) is 0 Å². The summed E-state index contributed by atoms with van der Waals surface area (Å²) >= 11 is 0. The highest BCUT2D eigenvalue weighted by Crippen LogP contribution is 2.17. The zero-order chi connectivity index (χ0) is 15.8. The molecule has 5 nitrogen and oxygen atoms in total. The van der Waals surface area contributed by atoms with Crippen molar-refractivity contribution in [2.45, 2.75) is 33.1 Å². The number of amides is 2. The molecule has 2 amide bonds. The Hall–Kier alpha value is -2.11. The third kappa shape index (κ3) is 6.25. The van der Waals surface area contributed by atoms with Crippen molar-refractivity contribution in [3.05, 3.63) is 29.6 Å². The molecule has 0 aromatic heterocycles. The Morgan fingerprint density at radius 3 is 2.71 bits per heavy atom. The molecule has 3 N–H and O–H groups in total. The van der Waals surface area contributed by atoms with Gasteiger partial charge in [0.25, 0.3) is 0 Å².